The molecule has 0 saturated carbocycles. The van der Waals surface area contributed by atoms with Crippen LogP contribution in [0.4, 0.5) is 14.5 Å². The molecule has 1 aromatic carbocycles. The smallest absolute Gasteiger partial charge is 0.247 e. The molecule has 0 radical (unpaired) electrons. The first-order chi connectivity index (χ1) is 12.5. The largest absolute Gasteiger partial charge is 0.465 e. The third-order valence-corrected chi connectivity index (χ3v) is 4.15. The molecule has 2 heterocycles. The molecule has 0 aliphatic carbocycles. The maximum absolute atomic E-state index is 13.3. The summed E-state index contributed by atoms with van der Waals surface area (Å²) in [6.45, 7) is 0.441. The molecular weight excluding hydrogens is 342 g/mol. The molecule has 1 saturated heterocycles. The van der Waals surface area contributed by atoms with Crippen LogP contribution in [0.15, 0.2) is 47.1 Å². The molecule has 1 aliphatic heterocycles. The van der Waals surface area contributed by atoms with E-state index in [1.54, 1.807) is 12.1 Å². The van der Waals surface area contributed by atoms with E-state index in [1.165, 1.54) is 23.3 Å². The van der Waals surface area contributed by atoms with E-state index in [0.717, 1.165) is 31.0 Å². The van der Waals surface area contributed by atoms with E-state index in [0.29, 0.717) is 18.7 Å². The van der Waals surface area contributed by atoms with Gasteiger partial charge in [0.1, 0.15) is 23.4 Å². The highest BCUT2D eigenvalue weighted by molar-refractivity contribution is 6.00. The zero-order valence-corrected chi connectivity index (χ0v) is 14.0. The van der Waals surface area contributed by atoms with Crippen LogP contribution in [0.25, 0.3) is 6.08 Å². The fourth-order valence-electron chi connectivity index (χ4n) is 2.95. The van der Waals surface area contributed by atoms with Gasteiger partial charge in [0, 0.05) is 24.4 Å². The van der Waals surface area contributed by atoms with Gasteiger partial charge in [0.15, 0.2) is 0 Å². The topological polar surface area (TPSA) is 62.6 Å². The van der Waals surface area contributed by atoms with Gasteiger partial charge in [-0.25, -0.2) is 8.78 Å². The number of amides is 2. The molecule has 26 heavy (non-hydrogen) atoms. The first-order valence-electron chi connectivity index (χ1n) is 8.32. The normalized spacial score (nSPS) is 17.5. The summed E-state index contributed by atoms with van der Waals surface area (Å²) in [4.78, 5) is 26.5. The van der Waals surface area contributed by atoms with E-state index in [9.17, 15) is 18.4 Å². The Bertz CT molecular complexity index is 798. The van der Waals surface area contributed by atoms with Crippen LogP contribution in [0.1, 0.15) is 25.0 Å². The molecule has 0 unspecified atom stereocenters. The summed E-state index contributed by atoms with van der Waals surface area (Å²) in [5, 5.41) is 2.49. The zero-order chi connectivity index (χ0) is 18.5. The lowest BCUT2D eigenvalue weighted by molar-refractivity contribution is -0.136. The van der Waals surface area contributed by atoms with Crippen LogP contribution in [0, 0.1) is 11.6 Å². The van der Waals surface area contributed by atoms with Gasteiger partial charge >= 0.3 is 0 Å². The summed E-state index contributed by atoms with van der Waals surface area (Å²) in [7, 11) is 0. The molecule has 3 rings (SSSR count). The van der Waals surface area contributed by atoms with Crippen molar-refractivity contribution in [3.8, 4) is 0 Å². The Kier molecular flexibility index (Phi) is 5.46. The van der Waals surface area contributed by atoms with Crippen molar-refractivity contribution in [2.75, 3.05) is 11.9 Å². The van der Waals surface area contributed by atoms with E-state index < -0.39 is 23.6 Å². The van der Waals surface area contributed by atoms with Gasteiger partial charge < -0.3 is 14.6 Å². The fraction of sp³-hybridized carbons (Fsp3) is 0.263. The number of nitrogens with one attached hydrogen (secondary N) is 1. The molecule has 1 aromatic heterocycles. The quantitative estimate of drug-likeness (QED) is 0.848. The number of hydrogen-bond acceptors (Lipinski definition) is 3. The molecule has 1 atom stereocenters. The summed E-state index contributed by atoms with van der Waals surface area (Å²) in [6, 6.07) is 5.52. The first kappa shape index (κ1) is 17.8. The second-order valence-electron chi connectivity index (χ2n) is 6.04. The van der Waals surface area contributed by atoms with Crippen LogP contribution in [0.5, 0.6) is 0 Å². The van der Waals surface area contributed by atoms with Crippen LogP contribution >= 0.6 is 0 Å². The highest BCUT2D eigenvalue weighted by Gasteiger charge is 2.31. The molecule has 0 spiro atoms. The van der Waals surface area contributed by atoms with Crippen LogP contribution in [0.3, 0.4) is 0 Å². The molecule has 1 aliphatic rings. The van der Waals surface area contributed by atoms with Crippen LogP contribution in [0.2, 0.25) is 0 Å². The highest BCUT2D eigenvalue weighted by Crippen LogP contribution is 2.21. The monoisotopic (exact) mass is 360 g/mol. The van der Waals surface area contributed by atoms with E-state index in [-0.39, 0.29) is 11.6 Å². The summed E-state index contributed by atoms with van der Waals surface area (Å²) in [5.41, 5.74) is 0.0246. The van der Waals surface area contributed by atoms with Crippen molar-refractivity contribution < 1.29 is 22.8 Å². The van der Waals surface area contributed by atoms with Crippen molar-refractivity contribution in [1.82, 2.24) is 4.90 Å². The van der Waals surface area contributed by atoms with E-state index >= 15 is 0 Å². The standard InChI is InChI=1S/C19H18F2N2O3/c20-13-10-14(21)12-15(11-13)22-19(25)17-5-1-2-8-23(17)18(24)7-6-16-4-3-9-26-16/h3-4,6-7,9-12,17H,1-2,5,8H2,(H,22,25)/b7-6+/t17-/m0/s1. The van der Waals surface area contributed by atoms with Crippen LogP contribution in [-0.2, 0) is 9.59 Å². The molecule has 2 amide bonds. The van der Waals surface area contributed by atoms with Crippen molar-refractivity contribution in [3.05, 3.63) is 60.1 Å². The minimum absolute atomic E-state index is 0.0246. The van der Waals surface area contributed by atoms with E-state index in [1.807, 2.05) is 0 Å². The molecule has 136 valence electrons. The first-order valence-corrected chi connectivity index (χ1v) is 8.32. The lowest BCUT2D eigenvalue weighted by Crippen LogP contribution is -2.49. The Labute approximate surface area is 149 Å². The van der Waals surface area contributed by atoms with Gasteiger partial charge in [0.05, 0.1) is 6.26 Å². The summed E-state index contributed by atoms with van der Waals surface area (Å²) >= 11 is 0. The Morgan fingerprint density at radius 3 is 2.65 bits per heavy atom. The Balaban J connectivity index is 1.71. The average molecular weight is 360 g/mol. The molecule has 5 nitrogen and oxygen atoms in total. The number of halogens is 2. The lowest BCUT2D eigenvalue weighted by atomic mass is 10.0. The average Bonchev–Trinajstić information content (AvgIpc) is 3.12. The number of benzene rings is 1. The van der Waals surface area contributed by atoms with Gasteiger partial charge in [-0.05, 0) is 49.6 Å². The van der Waals surface area contributed by atoms with Gasteiger partial charge in [-0.15, -0.1) is 0 Å². The number of rotatable bonds is 4. The predicted octanol–water partition coefficient (Wildman–Crippen LogP) is 3.59. The predicted molar refractivity (Wildman–Crippen MR) is 92.1 cm³/mol. The van der Waals surface area contributed by atoms with E-state index in [2.05, 4.69) is 5.32 Å². The number of nitrogens with zero attached hydrogens (tertiary/aromatic N) is 1. The number of piperidine rings is 1. The van der Waals surface area contributed by atoms with Crippen molar-refractivity contribution in [2.45, 2.75) is 25.3 Å². The Morgan fingerprint density at radius 2 is 1.96 bits per heavy atom. The van der Waals surface area contributed by atoms with Crippen LogP contribution in [-0.4, -0.2) is 29.3 Å². The number of furan rings is 1. The summed E-state index contributed by atoms with van der Waals surface area (Å²) < 4.78 is 31.7. The fourth-order valence-corrected chi connectivity index (χ4v) is 2.95. The number of likely N-dealkylation sites (tertiary alicyclic amines) is 1. The number of anilines is 1. The third-order valence-electron chi connectivity index (χ3n) is 4.15. The summed E-state index contributed by atoms with van der Waals surface area (Å²) in [6.07, 6.45) is 6.46. The Hall–Kier alpha value is -2.96. The van der Waals surface area contributed by atoms with Crippen molar-refractivity contribution >= 4 is 23.6 Å². The Morgan fingerprint density at radius 1 is 1.19 bits per heavy atom. The number of carbonyl (C=O) groups is 2. The minimum atomic E-state index is -0.779. The second-order valence-corrected chi connectivity index (χ2v) is 6.04. The van der Waals surface area contributed by atoms with Gasteiger partial charge in [-0.1, -0.05) is 0 Å². The molecule has 1 N–H and O–H groups in total. The highest BCUT2D eigenvalue weighted by atomic mass is 19.1. The zero-order valence-electron chi connectivity index (χ0n) is 14.0. The lowest BCUT2D eigenvalue weighted by Gasteiger charge is -2.34. The number of hydrogen-bond donors (Lipinski definition) is 1. The van der Waals surface area contributed by atoms with Gasteiger partial charge in [-0.3, -0.25) is 9.59 Å². The van der Waals surface area contributed by atoms with Crippen molar-refractivity contribution in [2.24, 2.45) is 0 Å². The maximum Gasteiger partial charge on any atom is 0.247 e. The molecular formula is C19H18F2N2O3. The van der Waals surface area contributed by atoms with Crippen molar-refractivity contribution in [3.63, 3.8) is 0 Å². The molecule has 0 bridgehead atoms. The SMILES string of the molecule is O=C(Nc1cc(F)cc(F)c1)[C@@H]1CCCCN1C(=O)/C=C/c1ccco1. The maximum atomic E-state index is 13.3. The number of carbonyl (C=O) groups excluding carboxylic acids is 2. The third kappa shape index (κ3) is 4.36. The van der Waals surface area contributed by atoms with E-state index in [4.69, 9.17) is 4.42 Å². The minimum Gasteiger partial charge on any atom is -0.465 e. The van der Waals surface area contributed by atoms with Crippen LogP contribution < -0.4 is 5.32 Å². The molecule has 2 aromatic rings. The molecule has 1 fully saturated rings. The summed E-state index contributed by atoms with van der Waals surface area (Å²) in [5.74, 6) is -1.80. The van der Waals surface area contributed by atoms with Gasteiger partial charge in [0.25, 0.3) is 0 Å². The molecule has 7 heteroatoms. The second kappa shape index (κ2) is 7.95. The van der Waals surface area contributed by atoms with Gasteiger partial charge in [0.2, 0.25) is 11.8 Å². The van der Waals surface area contributed by atoms with Gasteiger partial charge in [-0.2, -0.15) is 0 Å². The van der Waals surface area contributed by atoms with Crippen molar-refractivity contribution in [1.29, 1.82) is 0 Å².